The van der Waals surface area contributed by atoms with Crippen LogP contribution in [0.15, 0.2) is 6.07 Å². The SMILES string of the molecule is Cc1cc(F)c(F)c(OCC(=O)[C@H](CC(=O)O)NC(=O)C2CCCN(C(=O)C(=O)NCCC3CCCC3)CC2)c1F. The molecule has 2 aliphatic rings. The molecule has 2 atom stereocenters. The Morgan fingerprint density at radius 2 is 1.73 bits per heavy atom. The van der Waals surface area contributed by atoms with E-state index in [2.05, 4.69) is 10.6 Å². The first-order chi connectivity index (χ1) is 19.5. The lowest BCUT2D eigenvalue weighted by Gasteiger charge is -2.21. The van der Waals surface area contributed by atoms with Crippen molar-refractivity contribution in [1.29, 1.82) is 0 Å². The molecule has 1 aromatic carbocycles. The van der Waals surface area contributed by atoms with Crippen molar-refractivity contribution in [3.05, 3.63) is 29.1 Å². The summed E-state index contributed by atoms with van der Waals surface area (Å²) in [6, 6.07) is -0.954. The Hall–Kier alpha value is -3.64. The second-order valence-electron chi connectivity index (χ2n) is 10.7. The van der Waals surface area contributed by atoms with Gasteiger partial charge in [-0.05, 0) is 50.2 Å². The van der Waals surface area contributed by atoms with Gasteiger partial charge in [-0.25, -0.2) is 8.78 Å². The molecule has 0 radical (unpaired) electrons. The number of carbonyl (C=O) groups is 5. The van der Waals surface area contributed by atoms with E-state index in [4.69, 9.17) is 4.74 Å². The van der Waals surface area contributed by atoms with Gasteiger partial charge in [0.25, 0.3) is 0 Å². The third-order valence-electron chi connectivity index (χ3n) is 7.63. The quantitative estimate of drug-likeness (QED) is 0.269. The first kappa shape index (κ1) is 31.9. The normalized spacial score (nSPS) is 18.3. The fourth-order valence-electron chi connectivity index (χ4n) is 5.25. The molecule has 1 aliphatic carbocycles. The summed E-state index contributed by atoms with van der Waals surface area (Å²) in [5, 5.41) is 14.3. The number of rotatable bonds is 11. The number of ketones is 1. The Bertz CT molecular complexity index is 1130. The molecule has 0 bridgehead atoms. The maximum Gasteiger partial charge on any atom is 0.311 e. The van der Waals surface area contributed by atoms with E-state index in [0.29, 0.717) is 31.4 Å². The van der Waals surface area contributed by atoms with Crippen LogP contribution in [-0.4, -0.2) is 71.8 Å². The number of carboxylic acids is 1. The third kappa shape index (κ3) is 8.92. The van der Waals surface area contributed by atoms with Gasteiger partial charge < -0.3 is 25.4 Å². The molecule has 13 heteroatoms. The fourth-order valence-corrected chi connectivity index (χ4v) is 5.25. The van der Waals surface area contributed by atoms with Crippen LogP contribution in [0.2, 0.25) is 0 Å². The number of nitrogens with zero attached hydrogens (tertiary/aromatic N) is 1. The number of benzene rings is 1. The Labute approximate surface area is 236 Å². The fraction of sp³-hybridized carbons (Fsp3) is 0.607. The highest BCUT2D eigenvalue weighted by atomic mass is 19.2. The minimum Gasteiger partial charge on any atom is -0.481 e. The zero-order valence-electron chi connectivity index (χ0n) is 23.0. The number of nitrogens with one attached hydrogen (secondary N) is 2. The molecule has 3 N–H and O–H groups in total. The van der Waals surface area contributed by atoms with Gasteiger partial charge in [0.15, 0.2) is 23.2 Å². The maximum absolute atomic E-state index is 14.2. The molecule has 0 aromatic heterocycles. The van der Waals surface area contributed by atoms with Crippen LogP contribution in [0.4, 0.5) is 13.2 Å². The van der Waals surface area contributed by atoms with E-state index < -0.39 is 77.7 Å². The average molecular weight is 584 g/mol. The van der Waals surface area contributed by atoms with Crippen LogP contribution in [0.25, 0.3) is 0 Å². The number of Topliss-reactive ketones (excluding diaryl/α,β-unsaturated/α-hetero) is 1. The molecule has 1 unspecified atom stereocenters. The van der Waals surface area contributed by atoms with Crippen molar-refractivity contribution in [3.8, 4) is 5.75 Å². The summed E-state index contributed by atoms with van der Waals surface area (Å²) in [4.78, 5) is 63.3. The molecule has 3 amide bonds. The molecule has 1 saturated carbocycles. The lowest BCUT2D eigenvalue weighted by molar-refractivity contribution is -0.145. The molecule has 41 heavy (non-hydrogen) atoms. The van der Waals surface area contributed by atoms with Crippen LogP contribution in [0, 0.1) is 36.2 Å². The predicted molar refractivity (Wildman–Crippen MR) is 139 cm³/mol. The number of carboxylic acid groups (broad SMARTS) is 1. The molecule has 1 heterocycles. The topological polar surface area (TPSA) is 142 Å². The van der Waals surface area contributed by atoms with Gasteiger partial charge in [-0.3, -0.25) is 24.0 Å². The first-order valence-corrected chi connectivity index (χ1v) is 13.9. The summed E-state index contributed by atoms with van der Waals surface area (Å²) in [5.41, 5.74) is -0.260. The van der Waals surface area contributed by atoms with Crippen LogP contribution < -0.4 is 15.4 Å². The van der Waals surface area contributed by atoms with Gasteiger partial charge in [-0.2, -0.15) is 4.39 Å². The summed E-state index contributed by atoms with van der Waals surface area (Å²) >= 11 is 0. The summed E-state index contributed by atoms with van der Waals surface area (Å²) < 4.78 is 46.7. The lowest BCUT2D eigenvalue weighted by Crippen LogP contribution is -2.47. The third-order valence-corrected chi connectivity index (χ3v) is 7.63. The molecular weight excluding hydrogens is 547 g/mol. The highest BCUT2D eigenvalue weighted by Gasteiger charge is 2.32. The molecule has 10 nitrogen and oxygen atoms in total. The molecule has 2 fully saturated rings. The minimum atomic E-state index is -1.64. The molecule has 1 aliphatic heterocycles. The maximum atomic E-state index is 14.2. The van der Waals surface area contributed by atoms with Crippen LogP contribution in [-0.2, 0) is 24.0 Å². The zero-order chi connectivity index (χ0) is 30.1. The van der Waals surface area contributed by atoms with Crippen molar-refractivity contribution in [2.75, 3.05) is 26.2 Å². The monoisotopic (exact) mass is 583 g/mol. The van der Waals surface area contributed by atoms with Crippen molar-refractivity contribution in [1.82, 2.24) is 15.5 Å². The Morgan fingerprint density at radius 1 is 1.02 bits per heavy atom. The van der Waals surface area contributed by atoms with E-state index in [1.165, 1.54) is 24.7 Å². The Kier molecular flexibility index (Phi) is 11.5. The number of aliphatic carboxylic acids is 1. The summed E-state index contributed by atoms with van der Waals surface area (Å²) in [7, 11) is 0. The number of ether oxygens (including phenoxy) is 1. The van der Waals surface area contributed by atoms with Crippen LogP contribution >= 0.6 is 0 Å². The largest absolute Gasteiger partial charge is 0.481 e. The van der Waals surface area contributed by atoms with Gasteiger partial charge >= 0.3 is 17.8 Å². The average Bonchev–Trinajstić information content (AvgIpc) is 3.32. The van der Waals surface area contributed by atoms with Crippen molar-refractivity contribution in [2.45, 2.75) is 70.8 Å². The molecule has 226 valence electrons. The standard InChI is InChI=1S/C28H36F3N3O7/c1-16-13-19(29)24(31)25(23(16)30)41-15-21(35)20(14-22(36)37)33-26(38)18-7-4-11-34(12-9-18)28(40)27(39)32-10-8-17-5-2-3-6-17/h13,17-18,20H,2-12,14-15H2,1H3,(H,32,39)(H,33,38)(H,36,37)/t18?,20-/m0/s1. The van der Waals surface area contributed by atoms with Gasteiger partial charge in [-0.1, -0.05) is 25.7 Å². The van der Waals surface area contributed by atoms with E-state index in [-0.39, 0.29) is 25.1 Å². The van der Waals surface area contributed by atoms with E-state index in [0.717, 1.165) is 19.3 Å². The van der Waals surface area contributed by atoms with Crippen molar-refractivity contribution in [2.24, 2.45) is 11.8 Å². The van der Waals surface area contributed by atoms with E-state index in [1.54, 1.807) is 0 Å². The Morgan fingerprint density at radius 3 is 2.41 bits per heavy atom. The predicted octanol–water partition coefficient (Wildman–Crippen LogP) is 2.64. The number of aryl methyl sites for hydroxylation is 1. The molecule has 3 rings (SSSR count). The van der Waals surface area contributed by atoms with Gasteiger partial charge in [-0.15, -0.1) is 0 Å². The number of halogens is 3. The van der Waals surface area contributed by atoms with E-state index in [9.17, 15) is 42.3 Å². The van der Waals surface area contributed by atoms with E-state index in [1.807, 2.05) is 0 Å². The van der Waals surface area contributed by atoms with Crippen molar-refractivity contribution < 1.29 is 47.0 Å². The van der Waals surface area contributed by atoms with Crippen LogP contribution in [0.5, 0.6) is 5.75 Å². The lowest BCUT2D eigenvalue weighted by atomic mass is 9.98. The zero-order valence-corrected chi connectivity index (χ0v) is 23.0. The van der Waals surface area contributed by atoms with Gasteiger partial charge in [0.2, 0.25) is 11.7 Å². The van der Waals surface area contributed by atoms with Gasteiger partial charge in [0, 0.05) is 25.6 Å². The van der Waals surface area contributed by atoms with Gasteiger partial charge in [0.05, 0.1) is 6.42 Å². The smallest absolute Gasteiger partial charge is 0.311 e. The number of hydrogen-bond donors (Lipinski definition) is 3. The molecular formula is C28H36F3N3O7. The van der Waals surface area contributed by atoms with E-state index >= 15 is 0 Å². The van der Waals surface area contributed by atoms with Crippen LogP contribution in [0.1, 0.15) is 63.4 Å². The first-order valence-electron chi connectivity index (χ1n) is 13.9. The minimum absolute atomic E-state index is 0.116. The summed E-state index contributed by atoms with van der Waals surface area (Å²) in [6.07, 6.45) is 5.55. The number of amides is 3. The van der Waals surface area contributed by atoms with Crippen LogP contribution in [0.3, 0.4) is 0 Å². The van der Waals surface area contributed by atoms with Gasteiger partial charge in [0.1, 0.15) is 12.6 Å². The Balaban J connectivity index is 1.53. The van der Waals surface area contributed by atoms with Crippen molar-refractivity contribution >= 4 is 29.5 Å². The molecule has 1 aromatic rings. The number of likely N-dealkylation sites (tertiary alicyclic amines) is 1. The number of carbonyl (C=O) groups excluding carboxylic acids is 4. The molecule has 1 saturated heterocycles. The second kappa shape index (κ2) is 14.8. The summed E-state index contributed by atoms with van der Waals surface area (Å²) in [5.74, 6) is -9.88. The van der Waals surface area contributed by atoms with Crippen molar-refractivity contribution in [3.63, 3.8) is 0 Å². The highest BCUT2D eigenvalue weighted by molar-refractivity contribution is 6.35. The second-order valence-corrected chi connectivity index (χ2v) is 10.7. The highest BCUT2D eigenvalue weighted by Crippen LogP contribution is 2.28. The summed E-state index contributed by atoms with van der Waals surface area (Å²) in [6.45, 7) is 0.955. The number of hydrogen-bond acceptors (Lipinski definition) is 6. The molecule has 0 spiro atoms.